The molecule has 2 fully saturated rings. The van der Waals surface area contributed by atoms with E-state index < -0.39 is 0 Å². The van der Waals surface area contributed by atoms with Gasteiger partial charge in [0.2, 0.25) is 0 Å². The summed E-state index contributed by atoms with van der Waals surface area (Å²) in [4.78, 5) is 5.04. The summed E-state index contributed by atoms with van der Waals surface area (Å²) >= 11 is 0. The molecule has 0 atom stereocenters. The molecule has 0 amide bonds. The Kier molecular flexibility index (Phi) is 8.51. The second-order valence-electron chi connectivity index (χ2n) is 13.5. The quantitative estimate of drug-likeness (QED) is 0.188. The van der Waals surface area contributed by atoms with Gasteiger partial charge in [-0.3, -0.25) is 4.57 Å². The zero-order valence-corrected chi connectivity index (χ0v) is 26.5. The van der Waals surface area contributed by atoms with Crippen LogP contribution in [-0.2, 0) is 0 Å². The van der Waals surface area contributed by atoms with Crippen molar-refractivity contribution in [1.82, 2.24) is 9.55 Å². The molecule has 0 bridgehead atoms. The minimum absolute atomic E-state index is 0.544. The van der Waals surface area contributed by atoms with Crippen LogP contribution in [0.2, 0.25) is 0 Å². The molecule has 2 aliphatic rings. The van der Waals surface area contributed by atoms with Gasteiger partial charge in [-0.2, -0.15) is 0 Å². The zero-order chi connectivity index (χ0) is 29.9. The first kappa shape index (κ1) is 28.8. The summed E-state index contributed by atoms with van der Waals surface area (Å²) in [5.41, 5.74) is 12.3. The fraction of sp³-hybridized carbons (Fsp3) is 0.357. The molecule has 0 saturated heterocycles. The third-order valence-electron chi connectivity index (χ3n) is 10.3. The Labute approximate surface area is 264 Å². The van der Waals surface area contributed by atoms with E-state index in [1.54, 1.807) is 0 Å². The van der Waals surface area contributed by atoms with Crippen molar-refractivity contribution in [2.45, 2.75) is 95.8 Å². The van der Waals surface area contributed by atoms with Crippen molar-refractivity contribution in [3.05, 3.63) is 120 Å². The maximum absolute atomic E-state index is 5.04. The van der Waals surface area contributed by atoms with Crippen molar-refractivity contribution in [2.75, 3.05) is 0 Å². The van der Waals surface area contributed by atoms with Gasteiger partial charge in [0.05, 0.1) is 5.69 Å². The minimum Gasteiger partial charge on any atom is -0.299 e. The summed E-state index contributed by atoms with van der Waals surface area (Å²) in [5.74, 6) is 2.76. The van der Waals surface area contributed by atoms with Crippen LogP contribution >= 0.6 is 0 Å². The van der Waals surface area contributed by atoms with Gasteiger partial charge in [0.25, 0.3) is 0 Å². The average molecular weight is 579 g/mol. The molecule has 5 aromatic rings. The van der Waals surface area contributed by atoms with E-state index >= 15 is 0 Å². The number of rotatable bonds is 7. The van der Waals surface area contributed by atoms with Gasteiger partial charge in [0.1, 0.15) is 5.82 Å². The van der Waals surface area contributed by atoms with Crippen LogP contribution in [0.1, 0.15) is 112 Å². The summed E-state index contributed by atoms with van der Waals surface area (Å²) in [6.07, 6.45) is 17.4. The highest BCUT2D eigenvalue weighted by molar-refractivity contribution is 5.74. The largest absolute Gasteiger partial charge is 0.299 e. The Hall–Kier alpha value is -3.91. The van der Waals surface area contributed by atoms with Crippen LogP contribution in [0, 0.1) is 0 Å². The molecule has 1 aromatic heterocycles. The normalized spacial score (nSPS) is 16.4. The molecule has 2 heteroatoms. The molecule has 0 N–H and O–H groups in total. The summed E-state index contributed by atoms with van der Waals surface area (Å²) in [6.45, 7) is 4.56. The van der Waals surface area contributed by atoms with Crippen molar-refractivity contribution in [3.63, 3.8) is 0 Å². The van der Waals surface area contributed by atoms with Crippen LogP contribution < -0.4 is 0 Å². The number of hydrogen-bond donors (Lipinski definition) is 0. The van der Waals surface area contributed by atoms with Crippen LogP contribution in [0.3, 0.4) is 0 Å². The molecule has 44 heavy (non-hydrogen) atoms. The topological polar surface area (TPSA) is 17.8 Å². The number of benzene rings is 4. The van der Waals surface area contributed by atoms with Gasteiger partial charge in [-0.05, 0) is 101 Å². The molecule has 7 rings (SSSR count). The van der Waals surface area contributed by atoms with Gasteiger partial charge in [-0.1, -0.05) is 125 Å². The minimum atomic E-state index is 0.544. The Bertz CT molecular complexity index is 1640. The van der Waals surface area contributed by atoms with Crippen molar-refractivity contribution in [2.24, 2.45) is 0 Å². The lowest BCUT2D eigenvalue weighted by Crippen LogP contribution is -2.15. The van der Waals surface area contributed by atoms with Crippen molar-refractivity contribution in [1.29, 1.82) is 0 Å². The summed E-state index contributed by atoms with van der Waals surface area (Å²) < 4.78 is 2.46. The van der Waals surface area contributed by atoms with Gasteiger partial charge in [0, 0.05) is 18.0 Å². The predicted molar refractivity (Wildman–Crippen MR) is 186 cm³/mol. The van der Waals surface area contributed by atoms with E-state index in [1.807, 2.05) is 6.20 Å². The fourth-order valence-electron chi connectivity index (χ4n) is 7.80. The molecule has 1 heterocycles. The lowest BCUT2D eigenvalue weighted by molar-refractivity contribution is 0.434. The summed E-state index contributed by atoms with van der Waals surface area (Å²) in [6, 6.07) is 34.2. The van der Waals surface area contributed by atoms with E-state index in [2.05, 4.69) is 116 Å². The first-order valence-corrected chi connectivity index (χ1v) is 17.1. The van der Waals surface area contributed by atoms with Gasteiger partial charge < -0.3 is 0 Å². The molecule has 0 unspecified atom stereocenters. The highest BCUT2D eigenvalue weighted by Gasteiger charge is 2.28. The molecule has 2 aliphatic carbocycles. The Balaban J connectivity index is 1.41. The second-order valence-corrected chi connectivity index (χ2v) is 13.5. The third-order valence-corrected chi connectivity index (χ3v) is 10.3. The first-order valence-electron chi connectivity index (χ1n) is 17.1. The molecule has 4 aromatic carbocycles. The van der Waals surface area contributed by atoms with Gasteiger partial charge in [-0.25, -0.2) is 4.98 Å². The highest BCUT2D eigenvalue weighted by Crippen LogP contribution is 2.45. The highest BCUT2D eigenvalue weighted by atomic mass is 15.1. The van der Waals surface area contributed by atoms with Crippen LogP contribution in [0.5, 0.6) is 0 Å². The van der Waals surface area contributed by atoms with Crippen molar-refractivity contribution < 1.29 is 0 Å². The number of aromatic nitrogens is 2. The molecule has 0 spiro atoms. The standard InChI is InChI=1S/C42H46N2/c1-30(2)31-21-23-33(24-22-31)38-28-39(34-15-8-4-9-16-34)41(40(29-38)35-17-10-5-11-18-35)44-26-25-43-42(44)37-20-12-19-36(27-37)32-13-6-3-7-14-32/h3,6-7,12-14,19-30,34-35H,4-5,8-11,15-18H2,1-2H3. The van der Waals surface area contributed by atoms with E-state index in [0.29, 0.717) is 17.8 Å². The maximum atomic E-state index is 5.04. The second kappa shape index (κ2) is 13.0. The lowest BCUT2D eigenvalue weighted by Gasteiger charge is -2.31. The maximum Gasteiger partial charge on any atom is 0.144 e. The summed E-state index contributed by atoms with van der Waals surface area (Å²) in [7, 11) is 0. The molecule has 0 radical (unpaired) electrons. The molecule has 2 saturated carbocycles. The molecule has 2 nitrogen and oxygen atoms in total. The molecular formula is C42H46N2. The van der Waals surface area contributed by atoms with E-state index in [-0.39, 0.29) is 0 Å². The SMILES string of the molecule is CC(C)c1ccc(-c2cc(C3CCCCC3)c(-n3ccnc3-c3cccc(-c4ccccc4)c3)c(C3CCCCC3)c2)cc1. The van der Waals surface area contributed by atoms with Crippen LogP contribution in [0.25, 0.3) is 39.3 Å². The zero-order valence-electron chi connectivity index (χ0n) is 26.5. The van der Waals surface area contributed by atoms with Crippen LogP contribution in [0.4, 0.5) is 0 Å². The average Bonchev–Trinajstić information content (AvgIpc) is 3.59. The predicted octanol–water partition coefficient (Wildman–Crippen LogP) is 12.1. The third kappa shape index (κ3) is 5.92. The number of nitrogens with zero attached hydrogens (tertiary/aromatic N) is 2. The van der Waals surface area contributed by atoms with Crippen molar-refractivity contribution in [3.8, 4) is 39.3 Å². The van der Waals surface area contributed by atoms with Crippen LogP contribution in [0.15, 0.2) is 103 Å². The smallest absolute Gasteiger partial charge is 0.144 e. The number of hydrogen-bond acceptors (Lipinski definition) is 1. The molecule has 0 aliphatic heterocycles. The molecule has 224 valence electrons. The fourth-order valence-corrected chi connectivity index (χ4v) is 7.80. The van der Waals surface area contributed by atoms with Gasteiger partial charge >= 0.3 is 0 Å². The summed E-state index contributed by atoms with van der Waals surface area (Å²) in [5, 5.41) is 0. The first-order chi connectivity index (χ1) is 21.7. The van der Waals surface area contributed by atoms with E-state index in [0.717, 1.165) is 5.82 Å². The van der Waals surface area contributed by atoms with Gasteiger partial charge in [-0.15, -0.1) is 0 Å². The van der Waals surface area contributed by atoms with E-state index in [1.165, 1.54) is 114 Å². The Morgan fingerprint density at radius 2 is 1.14 bits per heavy atom. The van der Waals surface area contributed by atoms with E-state index in [4.69, 9.17) is 4.98 Å². The monoisotopic (exact) mass is 578 g/mol. The Morgan fingerprint density at radius 3 is 1.75 bits per heavy atom. The molecular weight excluding hydrogens is 532 g/mol. The Morgan fingerprint density at radius 1 is 0.568 bits per heavy atom. The van der Waals surface area contributed by atoms with E-state index in [9.17, 15) is 0 Å². The van der Waals surface area contributed by atoms with Crippen LogP contribution in [-0.4, -0.2) is 9.55 Å². The lowest BCUT2D eigenvalue weighted by atomic mass is 9.77. The van der Waals surface area contributed by atoms with Gasteiger partial charge in [0.15, 0.2) is 0 Å². The van der Waals surface area contributed by atoms with Crippen molar-refractivity contribution >= 4 is 0 Å². The number of imidazole rings is 1.